The van der Waals surface area contributed by atoms with Gasteiger partial charge in [-0.3, -0.25) is 0 Å². The molecule has 0 aliphatic heterocycles. The van der Waals surface area contributed by atoms with E-state index in [0.717, 1.165) is 5.56 Å². The van der Waals surface area contributed by atoms with Crippen LogP contribution in [0.15, 0.2) is 12.1 Å². The van der Waals surface area contributed by atoms with Crippen molar-refractivity contribution in [1.29, 1.82) is 0 Å². The first-order chi connectivity index (χ1) is 8.04. The summed E-state index contributed by atoms with van der Waals surface area (Å²) >= 11 is 6.02. The van der Waals surface area contributed by atoms with Crippen LogP contribution < -0.4 is 4.74 Å². The Kier molecular flexibility index (Phi) is 4.57. The Bertz CT molecular complexity index is 545. The van der Waals surface area contributed by atoms with Crippen LogP contribution in [-0.2, 0) is 20.2 Å². The highest BCUT2D eigenvalue weighted by Crippen LogP contribution is 2.37. The molecule has 0 unspecified atom stereocenters. The second-order valence-electron chi connectivity index (χ2n) is 5.08. The van der Waals surface area contributed by atoms with E-state index in [2.05, 4.69) is 0 Å². The molecule has 0 radical (unpaired) electrons. The van der Waals surface area contributed by atoms with Crippen molar-refractivity contribution in [2.24, 2.45) is 0 Å². The first kappa shape index (κ1) is 15.6. The zero-order chi connectivity index (χ0) is 14.1. The fourth-order valence-corrected chi connectivity index (χ4v) is 2.92. The van der Waals surface area contributed by atoms with Gasteiger partial charge in [0.15, 0.2) is 0 Å². The topological polar surface area (TPSA) is 43.4 Å². The second-order valence-corrected chi connectivity index (χ2v) is 8.29. The molecule has 6 heteroatoms. The zero-order valence-corrected chi connectivity index (χ0v) is 13.1. The lowest BCUT2D eigenvalue weighted by atomic mass is 9.85. The lowest BCUT2D eigenvalue weighted by Crippen LogP contribution is -2.14. The van der Waals surface area contributed by atoms with E-state index >= 15 is 0 Å². The maximum atomic E-state index is 11.2. The van der Waals surface area contributed by atoms with Gasteiger partial charge in [-0.05, 0) is 17.5 Å². The van der Waals surface area contributed by atoms with Crippen LogP contribution in [0, 0.1) is 0 Å². The Labute approximate surface area is 117 Å². The predicted molar refractivity (Wildman–Crippen MR) is 75.2 cm³/mol. The standard InChI is InChI=1S/C12H16Cl2O3S/c1-12(2,3)10-6-9(13)5-8(11(10)17-4)7-18(14,15)16/h5-6H,7H2,1-4H3. The summed E-state index contributed by atoms with van der Waals surface area (Å²) in [7, 11) is 3.14. The molecule has 0 saturated carbocycles. The molecular weight excluding hydrogens is 295 g/mol. The fraction of sp³-hybridized carbons (Fsp3) is 0.500. The van der Waals surface area contributed by atoms with Crippen LogP contribution in [0.5, 0.6) is 5.75 Å². The van der Waals surface area contributed by atoms with Crippen molar-refractivity contribution in [3.63, 3.8) is 0 Å². The molecule has 1 aromatic rings. The maximum Gasteiger partial charge on any atom is 0.236 e. The van der Waals surface area contributed by atoms with Crippen LogP contribution in [0.25, 0.3) is 0 Å². The van der Waals surface area contributed by atoms with Crippen molar-refractivity contribution in [1.82, 2.24) is 0 Å². The molecular formula is C12H16Cl2O3S. The summed E-state index contributed by atoms with van der Waals surface area (Å²) in [5.41, 5.74) is 1.12. The molecule has 0 atom stereocenters. The highest BCUT2D eigenvalue weighted by Gasteiger charge is 2.23. The van der Waals surface area contributed by atoms with E-state index in [0.29, 0.717) is 16.3 Å². The van der Waals surface area contributed by atoms with E-state index in [1.807, 2.05) is 20.8 Å². The average molecular weight is 311 g/mol. The number of hydrogen-bond donors (Lipinski definition) is 0. The molecule has 0 amide bonds. The molecule has 1 rings (SSSR count). The molecule has 0 aromatic heterocycles. The van der Waals surface area contributed by atoms with E-state index in [9.17, 15) is 8.42 Å². The van der Waals surface area contributed by atoms with E-state index in [-0.39, 0.29) is 11.2 Å². The van der Waals surface area contributed by atoms with E-state index < -0.39 is 9.05 Å². The number of methoxy groups -OCH3 is 1. The van der Waals surface area contributed by atoms with E-state index in [1.54, 1.807) is 12.1 Å². The summed E-state index contributed by atoms with van der Waals surface area (Å²) in [6.45, 7) is 6.00. The van der Waals surface area contributed by atoms with Crippen molar-refractivity contribution in [3.05, 3.63) is 28.3 Å². The van der Waals surface area contributed by atoms with Gasteiger partial charge in [0.25, 0.3) is 0 Å². The summed E-state index contributed by atoms with van der Waals surface area (Å²) in [4.78, 5) is 0. The third-order valence-corrected chi connectivity index (χ3v) is 3.67. The van der Waals surface area contributed by atoms with Crippen molar-refractivity contribution >= 4 is 31.3 Å². The largest absolute Gasteiger partial charge is 0.496 e. The number of rotatable bonds is 3. The molecule has 0 aliphatic rings. The quantitative estimate of drug-likeness (QED) is 0.799. The highest BCUT2D eigenvalue weighted by atomic mass is 35.7. The van der Waals surface area contributed by atoms with Gasteiger partial charge >= 0.3 is 0 Å². The van der Waals surface area contributed by atoms with Crippen LogP contribution in [0.2, 0.25) is 5.02 Å². The fourth-order valence-electron chi connectivity index (χ4n) is 1.74. The Hall–Kier alpha value is -0.450. The Morgan fingerprint density at radius 1 is 1.28 bits per heavy atom. The van der Waals surface area contributed by atoms with Crippen LogP contribution in [0.4, 0.5) is 0 Å². The van der Waals surface area contributed by atoms with Gasteiger partial charge in [-0.1, -0.05) is 32.4 Å². The van der Waals surface area contributed by atoms with Gasteiger partial charge in [0.2, 0.25) is 9.05 Å². The van der Waals surface area contributed by atoms with Crippen molar-refractivity contribution in [2.75, 3.05) is 7.11 Å². The molecule has 3 nitrogen and oxygen atoms in total. The van der Waals surface area contributed by atoms with Gasteiger partial charge in [0.05, 0.1) is 12.9 Å². The Morgan fingerprint density at radius 3 is 2.22 bits per heavy atom. The molecule has 18 heavy (non-hydrogen) atoms. The molecule has 0 aliphatic carbocycles. The lowest BCUT2D eigenvalue weighted by Gasteiger charge is -2.24. The second kappa shape index (κ2) is 5.27. The van der Waals surface area contributed by atoms with Gasteiger partial charge in [-0.25, -0.2) is 8.42 Å². The minimum Gasteiger partial charge on any atom is -0.496 e. The van der Waals surface area contributed by atoms with Gasteiger partial charge < -0.3 is 4.74 Å². The highest BCUT2D eigenvalue weighted by molar-refractivity contribution is 8.13. The van der Waals surface area contributed by atoms with Gasteiger partial charge in [-0.2, -0.15) is 0 Å². The maximum absolute atomic E-state index is 11.2. The molecule has 0 fully saturated rings. The summed E-state index contributed by atoms with van der Waals surface area (Å²) in [6, 6.07) is 3.35. The summed E-state index contributed by atoms with van der Waals surface area (Å²) in [5.74, 6) is 0.220. The molecule has 0 heterocycles. The Morgan fingerprint density at radius 2 is 1.83 bits per heavy atom. The van der Waals surface area contributed by atoms with Gasteiger partial charge in [0.1, 0.15) is 5.75 Å². The third-order valence-electron chi connectivity index (χ3n) is 2.47. The van der Waals surface area contributed by atoms with Gasteiger partial charge in [-0.15, -0.1) is 0 Å². The molecule has 1 aromatic carbocycles. The average Bonchev–Trinajstić information content (AvgIpc) is 2.12. The third kappa shape index (κ3) is 4.04. The van der Waals surface area contributed by atoms with Gasteiger partial charge in [0, 0.05) is 26.8 Å². The minimum atomic E-state index is -3.66. The van der Waals surface area contributed by atoms with Crippen LogP contribution in [-0.4, -0.2) is 15.5 Å². The summed E-state index contributed by atoms with van der Waals surface area (Å²) in [6.07, 6.45) is 0. The zero-order valence-electron chi connectivity index (χ0n) is 10.8. The van der Waals surface area contributed by atoms with E-state index in [4.69, 9.17) is 27.0 Å². The normalized spacial score (nSPS) is 12.6. The number of ether oxygens (including phenoxy) is 1. The molecule has 102 valence electrons. The van der Waals surface area contributed by atoms with Crippen molar-refractivity contribution < 1.29 is 13.2 Å². The van der Waals surface area contributed by atoms with Crippen molar-refractivity contribution in [2.45, 2.75) is 31.9 Å². The number of benzene rings is 1. The molecule has 0 N–H and O–H groups in total. The first-order valence-corrected chi connectivity index (χ1v) is 8.19. The molecule has 0 bridgehead atoms. The van der Waals surface area contributed by atoms with Crippen LogP contribution >= 0.6 is 22.3 Å². The Balaban J connectivity index is 3.48. The summed E-state index contributed by atoms with van der Waals surface area (Å²) in [5, 5.41) is 0.469. The van der Waals surface area contributed by atoms with Crippen LogP contribution in [0.3, 0.4) is 0 Å². The van der Waals surface area contributed by atoms with E-state index in [1.165, 1.54) is 7.11 Å². The summed E-state index contributed by atoms with van der Waals surface area (Å²) < 4.78 is 27.7. The monoisotopic (exact) mass is 310 g/mol. The molecule has 0 saturated heterocycles. The SMILES string of the molecule is COc1c(CS(=O)(=O)Cl)cc(Cl)cc1C(C)(C)C. The predicted octanol–water partition coefficient (Wildman–Crippen LogP) is 3.71. The lowest BCUT2D eigenvalue weighted by molar-refractivity contribution is 0.394. The molecule has 0 spiro atoms. The van der Waals surface area contributed by atoms with Crippen molar-refractivity contribution in [3.8, 4) is 5.75 Å². The minimum absolute atomic E-state index is 0.207. The number of halogens is 2. The number of hydrogen-bond acceptors (Lipinski definition) is 3. The smallest absolute Gasteiger partial charge is 0.236 e. The first-order valence-electron chi connectivity index (χ1n) is 5.34. The van der Waals surface area contributed by atoms with Crippen LogP contribution in [0.1, 0.15) is 31.9 Å².